The van der Waals surface area contributed by atoms with Gasteiger partial charge in [-0.1, -0.05) is 0 Å². The lowest BCUT2D eigenvalue weighted by molar-refractivity contribution is -0.288. The summed E-state index contributed by atoms with van der Waals surface area (Å²) < 4.78 is 32.6. The van der Waals surface area contributed by atoms with Crippen molar-refractivity contribution in [1.29, 1.82) is 0 Å². The normalized spacial score (nSPS) is 25.1. The van der Waals surface area contributed by atoms with E-state index in [-0.39, 0.29) is 6.61 Å². The summed E-state index contributed by atoms with van der Waals surface area (Å²) in [5.74, 6) is -2.43. The van der Waals surface area contributed by atoms with Gasteiger partial charge in [0.25, 0.3) is 0 Å². The van der Waals surface area contributed by atoms with Crippen LogP contribution in [0.4, 0.5) is 5.69 Å². The fraction of sp³-hybridized carbons (Fsp3) is 0.500. The second-order valence-electron chi connectivity index (χ2n) is 6.75. The van der Waals surface area contributed by atoms with Crippen molar-refractivity contribution in [2.45, 2.75) is 58.4 Å². The number of esters is 4. The Balaban J connectivity index is 2.43. The summed E-state index contributed by atoms with van der Waals surface area (Å²) in [5.41, 5.74) is 6.17. The van der Waals surface area contributed by atoms with Crippen molar-refractivity contribution < 1.29 is 47.6 Å². The zero-order valence-corrected chi connectivity index (χ0v) is 17.6. The fourth-order valence-electron chi connectivity index (χ4n) is 2.96. The van der Waals surface area contributed by atoms with E-state index >= 15 is 0 Å². The zero-order chi connectivity index (χ0) is 23.1. The molecule has 0 unspecified atom stereocenters. The van der Waals surface area contributed by atoms with Crippen LogP contribution >= 0.6 is 0 Å². The van der Waals surface area contributed by atoms with Gasteiger partial charge in [0.2, 0.25) is 12.4 Å². The average molecular weight is 439 g/mol. The van der Waals surface area contributed by atoms with Crippen LogP contribution in [0.3, 0.4) is 0 Å². The molecule has 2 rings (SSSR count). The Hall–Kier alpha value is -3.34. The molecule has 11 nitrogen and oxygen atoms in total. The van der Waals surface area contributed by atoms with Crippen molar-refractivity contribution >= 4 is 29.6 Å². The van der Waals surface area contributed by atoms with E-state index < -0.39 is 54.6 Å². The lowest BCUT2D eigenvalue weighted by Crippen LogP contribution is -2.63. The van der Waals surface area contributed by atoms with Crippen molar-refractivity contribution in [2.75, 3.05) is 12.3 Å². The van der Waals surface area contributed by atoms with Gasteiger partial charge in [0.1, 0.15) is 18.5 Å². The van der Waals surface area contributed by atoms with E-state index in [9.17, 15) is 19.2 Å². The average Bonchev–Trinajstić information content (AvgIpc) is 2.65. The summed E-state index contributed by atoms with van der Waals surface area (Å²) >= 11 is 0. The van der Waals surface area contributed by atoms with Gasteiger partial charge >= 0.3 is 23.9 Å². The number of nitrogen functional groups attached to an aromatic ring is 1. The Labute approximate surface area is 178 Å². The molecule has 1 aromatic carbocycles. The summed E-state index contributed by atoms with van der Waals surface area (Å²) in [7, 11) is 0. The van der Waals surface area contributed by atoms with Crippen LogP contribution in [0.25, 0.3) is 0 Å². The van der Waals surface area contributed by atoms with Gasteiger partial charge in [0.05, 0.1) is 0 Å². The topological polar surface area (TPSA) is 150 Å². The molecule has 0 aliphatic carbocycles. The van der Waals surface area contributed by atoms with Crippen molar-refractivity contribution in [3.8, 4) is 5.75 Å². The fourth-order valence-corrected chi connectivity index (χ4v) is 2.96. The van der Waals surface area contributed by atoms with Crippen LogP contribution in [-0.2, 0) is 42.9 Å². The quantitative estimate of drug-likeness (QED) is 0.364. The first-order valence-electron chi connectivity index (χ1n) is 9.39. The number of benzene rings is 1. The maximum Gasteiger partial charge on any atom is 0.303 e. The number of ether oxygens (including phenoxy) is 6. The Morgan fingerprint density at radius 1 is 0.806 bits per heavy atom. The number of anilines is 1. The predicted molar refractivity (Wildman–Crippen MR) is 103 cm³/mol. The molecular formula is C20H25NO10. The smallest absolute Gasteiger partial charge is 0.303 e. The molecule has 1 aromatic rings. The van der Waals surface area contributed by atoms with Crippen LogP contribution in [0.5, 0.6) is 5.75 Å². The molecule has 1 aliphatic rings. The maximum atomic E-state index is 11.8. The molecule has 5 atom stereocenters. The van der Waals surface area contributed by atoms with E-state index in [4.69, 9.17) is 34.2 Å². The monoisotopic (exact) mass is 439 g/mol. The summed E-state index contributed by atoms with van der Waals surface area (Å²) in [4.78, 5) is 46.5. The molecule has 0 bridgehead atoms. The van der Waals surface area contributed by atoms with Crippen LogP contribution in [0, 0.1) is 0 Å². The Morgan fingerprint density at radius 2 is 1.32 bits per heavy atom. The first kappa shape index (κ1) is 23.9. The summed E-state index contributed by atoms with van der Waals surface area (Å²) in [6.45, 7) is 4.29. The third-order valence-corrected chi connectivity index (χ3v) is 4.08. The van der Waals surface area contributed by atoms with Gasteiger partial charge in [-0.05, 0) is 24.3 Å². The third-order valence-electron chi connectivity index (χ3n) is 4.08. The second-order valence-corrected chi connectivity index (χ2v) is 6.75. The number of nitrogens with two attached hydrogens (primary N) is 1. The van der Waals surface area contributed by atoms with Gasteiger partial charge < -0.3 is 34.2 Å². The minimum Gasteiger partial charge on any atom is -0.463 e. The van der Waals surface area contributed by atoms with Crippen LogP contribution in [0.15, 0.2) is 24.3 Å². The first-order chi connectivity index (χ1) is 14.6. The Bertz CT molecular complexity index is 809. The van der Waals surface area contributed by atoms with Crippen LogP contribution < -0.4 is 10.5 Å². The van der Waals surface area contributed by atoms with Crippen molar-refractivity contribution in [3.05, 3.63) is 24.3 Å². The van der Waals surface area contributed by atoms with Gasteiger partial charge in [-0.3, -0.25) is 19.2 Å². The standard InChI is InChI=1S/C20H25NO10/c1-10(22)26-9-16-17(27-11(2)23)18(28-12(3)24)19(29-13(4)25)20(31-16)30-15-7-5-14(21)6-8-15/h5-8,16-20H,9,21H2,1-4H3/t16-,17-,18+,19-,20-/m1/s1. The van der Waals surface area contributed by atoms with Crippen LogP contribution in [0.1, 0.15) is 27.7 Å². The molecule has 170 valence electrons. The molecule has 0 saturated carbocycles. The Kier molecular flexibility index (Phi) is 8.20. The van der Waals surface area contributed by atoms with Gasteiger partial charge in [0, 0.05) is 33.4 Å². The molecule has 31 heavy (non-hydrogen) atoms. The number of carbonyl (C=O) groups is 4. The van der Waals surface area contributed by atoms with Crippen molar-refractivity contribution in [2.24, 2.45) is 0 Å². The van der Waals surface area contributed by atoms with E-state index in [1.54, 1.807) is 24.3 Å². The molecule has 1 heterocycles. The van der Waals surface area contributed by atoms with E-state index in [0.29, 0.717) is 11.4 Å². The Morgan fingerprint density at radius 3 is 1.84 bits per heavy atom. The van der Waals surface area contributed by atoms with E-state index in [2.05, 4.69) is 0 Å². The largest absolute Gasteiger partial charge is 0.463 e. The summed E-state index contributed by atoms with van der Waals surface area (Å²) in [5, 5.41) is 0. The van der Waals surface area contributed by atoms with Gasteiger partial charge in [-0.2, -0.15) is 0 Å². The highest BCUT2D eigenvalue weighted by Crippen LogP contribution is 2.31. The molecular weight excluding hydrogens is 414 g/mol. The molecule has 1 saturated heterocycles. The number of carbonyl (C=O) groups excluding carboxylic acids is 4. The molecule has 2 N–H and O–H groups in total. The van der Waals surface area contributed by atoms with Gasteiger partial charge in [-0.15, -0.1) is 0 Å². The molecule has 11 heteroatoms. The summed E-state index contributed by atoms with van der Waals surface area (Å²) in [6, 6.07) is 6.29. The molecule has 1 fully saturated rings. The molecule has 0 spiro atoms. The van der Waals surface area contributed by atoms with E-state index in [1.807, 2.05) is 0 Å². The third kappa shape index (κ3) is 7.14. The van der Waals surface area contributed by atoms with Crippen molar-refractivity contribution in [1.82, 2.24) is 0 Å². The van der Waals surface area contributed by atoms with Crippen LogP contribution in [-0.4, -0.2) is 61.2 Å². The lowest BCUT2D eigenvalue weighted by Gasteiger charge is -2.43. The SMILES string of the molecule is CC(=O)OC[C@H]1O[C@@H](Oc2ccc(N)cc2)[C@H](OC(C)=O)[C@@H](OC(C)=O)[C@@H]1OC(C)=O. The molecule has 0 aromatic heterocycles. The molecule has 0 amide bonds. The highest BCUT2D eigenvalue weighted by atomic mass is 16.7. The second kappa shape index (κ2) is 10.6. The predicted octanol–water partition coefficient (Wildman–Crippen LogP) is 0.731. The van der Waals surface area contributed by atoms with Gasteiger partial charge in [0.15, 0.2) is 12.2 Å². The van der Waals surface area contributed by atoms with Crippen LogP contribution in [0.2, 0.25) is 0 Å². The maximum absolute atomic E-state index is 11.8. The van der Waals surface area contributed by atoms with E-state index in [0.717, 1.165) is 20.8 Å². The zero-order valence-electron chi connectivity index (χ0n) is 17.6. The number of rotatable bonds is 7. The van der Waals surface area contributed by atoms with Gasteiger partial charge in [-0.25, -0.2) is 0 Å². The van der Waals surface area contributed by atoms with Crippen molar-refractivity contribution in [3.63, 3.8) is 0 Å². The summed E-state index contributed by atoms with van der Waals surface area (Å²) in [6.07, 6.45) is -6.20. The minimum atomic E-state index is -1.29. The number of hydrogen-bond donors (Lipinski definition) is 1. The first-order valence-corrected chi connectivity index (χ1v) is 9.39. The lowest BCUT2D eigenvalue weighted by atomic mass is 9.98. The number of hydrogen-bond acceptors (Lipinski definition) is 11. The highest BCUT2D eigenvalue weighted by Gasteiger charge is 2.53. The molecule has 1 aliphatic heterocycles. The minimum absolute atomic E-state index is 0.315. The molecule has 0 radical (unpaired) electrons. The van der Waals surface area contributed by atoms with E-state index in [1.165, 1.54) is 6.92 Å². The highest BCUT2D eigenvalue weighted by molar-refractivity contribution is 5.68.